The zero-order valence-electron chi connectivity index (χ0n) is 9.23. The molecule has 0 saturated heterocycles. The van der Waals surface area contributed by atoms with Crippen LogP contribution >= 0.6 is 0 Å². The quantitative estimate of drug-likeness (QED) is 0.795. The topological polar surface area (TPSA) is 55.6 Å². The predicted molar refractivity (Wildman–Crippen MR) is 58.6 cm³/mol. The van der Waals surface area contributed by atoms with E-state index >= 15 is 0 Å². The third-order valence-electron chi connectivity index (χ3n) is 2.20. The van der Waals surface area contributed by atoms with Crippen LogP contribution in [0.3, 0.4) is 0 Å². The molecule has 0 aliphatic heterocycles. The molecule has 0 radical (unpaired) electrons. The summed E-state index contributed by atoms with van der Waals surface area (Å²) >= 11 is 0. The summed E-state index contributed by atoms with van der Waals surface area (Å²) in [6, 6.07) is 6.93. The van der Waals surface area contributed by atoms with Crippen LogP contribution in [0.2, 0.25) is 0 Å². The van der Waals surface area contributed by atoms with Crippen molar-refractivity contribution in [2.75, 3.05) is 21.2 Å². The van der Waals surface area contributed by atoms with Gasteiger partial charge in [0.25, 0.3) is 0 Å². The molecular formula is C11H16N2O2. The molecule has 1 aromatic rings. The van der Waals surface area contributed by atoms with Crippen LogP contribution in [-0.2, 0) is 4.79 Å². The summed E-state index contributed by atoms with van der Waals surface area (Å²) in [6.45, 7) is 0. The molecule has 2 N–H and O–H groups in total. The molecular weight excluding hydrogens is 192 g/mol. The lowest BCUT2D eigenvalue weighted by atomic mass is 10.1. The minimum absolute atomic E-state index is 0.367. The van der Waals surface area contributed by atoms with E-state index in [-0.39, 0.29) is 5.91 Å². The van der Waals surface area contributed by atoms with Crippen molar-refractivity contribution in [1.29, 1.82) is 0 Å². The second-order valence-corrected chi connectivity index (χ2v) is 3.55. The van der Waals surface area contributed by atoms with Gasteiger partial charge in [0.05, 0.1) is 7.11 Å². The summed E-state index contributed by atoms with van der Waals surface area (Å²) in [6.07, 6.45) is 0. The van der Waals surface area contributed by atoms with Crippen LogP contribution in [0.5, 0.6) is 5.75 Å². The maximum atomic E-state index is 11.3. The van der Waals surface area contributed by atoms with Crippen molar-refractivity contribution in [2.45, 2.75) is 6.04 Å². The SMILES string of the molecule is COc1cccc(C(C(N)=O)N(C)C)c1. The first-order valence-electron chi connectivity index (χ1n) is 4.66. The van der Waals surface area contributed by atoms with Gasteiger partial charge in [-0.15, -0.1) is 0 Å². The Kier molecular flexibility index (Phi) is 3.68. The van der Waals surface area contributed by atoms with Crippen LogP contribution in [0.4, 0.5) is 0 Å². The fourth-order valence-corrected chi connectivity index (χ4v) is 1.53. The monoisotopic (exact) mass is 208 g/mol. The molecule has 1 amide bonds. The average molecular weight is 208 g/mol. The molecule has 0 bridgehead atoms. The first-order chi connectivity index (χ1) is 7.06. The van der Waals surface area contributed by atoms with Gasteiger partial charge in [-0.3, -0.25) is 9.69 Å². The van der Waals surface area contributed by atoms with Crippen molar-refractivity contribution < 1.29 is 9.53 Å². The zero-order valence-corrected chi connectivity index (χ0v) is 9.23. The normalized spacial score (nSPS) is 12.5. The van der Waals surface area contributed by atoms with E-state index in [1.807, 2.05) is 38.4 Å². The molecule has 0 aliphatic rings. The fourth-order valence-electron chi connectivity index (χ4n) is 1.53. The Hall–Kier alpha value is -1.55. The standard InChI is InChI=1S/C11H16N2O2/c1-13(2)10(11(12)14)8-5-4-6-9(7-8)15-3/h4-7,10H,1-3H3,(H2,12,14). The lowest BCUT2D eigenvalue weighted by Crippen LogP contribution is -2.32. The van der Waals surface area contributed by atoms with E-state index < -0.39 is 6.04 Å². The zero-order chi connectivity index (χ0) is 11.4. The molecule has 1 atom stereocenters. The maximum Gasteiger partial charge on any atom is 0.239 e. The molecule has 0 spiro atoms. The summed E-state index contributed by atoms with van der Waals surface area (Å²) in [5.74, 6) is 0.355. The van der Waals surface area contributed by atoms with E-state index in [0.717, 1.165) is 11.3 Å². The Morgan fingerprint density at radius 1 is 1.47 bits per heavy atom. The highest BCUT2D eigenvalue weighted by Gasteiger charge is 2.20. The number of ether oxygens (including phenoxy) is 1. The third kappa shape index (κ3) is 2.70. The van der Waals surface area contributed by atoms with Crippen molar-refractivity contribution in [3.05, 3.63) is 29.8 Å². The van der Waals surface area contributed by atoms with Crippen molar-refractivity contribution in [2.24, 2.45) is 5.73 Å². The van der Waals surface area contributed by atoms with Crippen LogP contribution in [0, 0.1) is 0 Å². The van der Waals surface area contributed by atoms with E-state index in [9.17, 15) is 4.79 Å². The highest BCUT2D eigenvalue weighted by Crippen LogP contribution is 2.21. The first kappa shape index (κ1) is 11.5. The van der Waals surface area contributed by atoms with Gasteiger partial charge in [-0.1, -0.05) is 12.1 Å². The molecule has 15 heavy (non-hydrogen) atoms. The molecule has 82 valence electrons. The minimum atomic E-state index is -0.417. The summed E-state index contributed by atoms with van der Waals surface area (Å²) in [4.78, 5) is 13.1. The van der Waals surface area contributed by atoms with Crippen molar-refractivity contribution in [3.63, 3.8) is 0 Å². The number of nitrogens with zero attached hydrogens (tertiary/aromatic N) is 1. The number of hydrogen-bond donors (Lipinski definition) is 1. The molecule has 0 heterocycles. The number of likely N-dealkylation sites (N-methyl/N-ethyl adjacent to an activating group) is 1. The molecule has 1 aromatic carbocycles. The Balaban J connectivity index is 3.05. The van der Waals surface area contributed by atoms with Gasteiger partial charge in [0.2, 0.25) is 5.91 Å². The van der Waals surface area contributed by atoms with Gasteiger partial charge in [0.15, 0.2) is 0 Å². The highest BCUT2D eigenvalue weighted by molar-refractivity contribution is 5.81. The van der Waals surface area contributed by atoms with Gasteiger partial charge in [-0.25, -0.2) is 0 Å². The molecule has 1 rings (SSSR count). The van der Waals surface area contributed by atoms with Crippen LogP contribution in [0.25, 0.3) is 0 Å². The smallest absolute Gasteiger partial charge is 0.239 e. The first-order valence-corrected chi connectivity index (χ1v) is 4.66. The van der Waals surface area contributed by atoms with Crippen LogP contribution in [-0.4, -0.2) is 32.0 Å². The van der Waals surface area contributed by atoms with Gasteiger partial charge >= 0.3 is 0 Å². The number of carbonyl (C=O) groups is 1. The molecule has 0 fully saturated rings. The van der Waals surface area contributed by atoms with E-state index in [1.165, 1.54) is 0 Å². The molecule has 4 heteroatoms. The van der Waals surface area contributed by atoms with Crippen molar-refractivity contribution in [3.8, 4) is 5.75 Å². The maximum absolute atomic E-state index is 11.3. The fraction of sp³-hybridized carbons (Fsp3) is 0.364. The Labute approximate surface area is 89.6 Å². The number of methoxy groups -OCH3 is 1. The number of nitrogens with two attached hydrogens (primary N) is 1. The number of primary amides is 1. The number of amides is 1. The Morgan fingerprint density at radius 3 is 2.60 bits per heavy atom. The van der Waals surface area contributed by atoms with E-state index in [4.69, 9.17) is 10.5 Å². The number of rotatable bonds is 4. The molecule has 0 aliphatic carbocycles. The molecule has 0 saturated carbocycles. The van der Waals surface area contributed by atoms with E-state index in [1.54, 1.807) is 12.0 Å². The summed E-state index contributed by atoms with van der Waals surface area (Å²) in [5.41, 5.74) is 6.18. The lowest BCUT2D eigenvalue weighted by Gasteiger charge is -2.21. The summed E-state index contributed by atoms with van der Waals surface area (Å²) in [5, 5.41) is 0. The Morgan fingerprint density at radius 2 is 2.13 bits per heavy atom. The van der Waals surface area contributed by atoms with Crippen molar-refractivity contribution in [1.82, 2.24) is 4.90 Å². The van der Waals surface area contributed by atoms with E-state index in [2.05, 4.69) is 0 Å². The molecule has 4 nitrogen and oxygen atoms in total. The van der Waals surface area contributed by atoms with Gasteiger partial charge < -0.3 is 10.5 Å². The second-order valence-electron chi connectivity index (χ2n) is 3.55. The lowest BCUT2D eigenvalue weighted by molar-refractivity contribution is -0.122. The van der Waals surface area contributed by atoms with Crippen LogP contribution < -0.4 is 10.5 Å². The molecule has 1 unspecified atom stereocenters. The number of hydrogen-bond acceptors (Lipinski definition) is 3. The minimum Gasteiger partial charge on any atom is -0.497 e. The number of benzene rings is 1. The van der Waals surface area contributed by atoms with E-state index in [0.29, 0.717) is 0 Å². The summed E-state index contributed by atoms with van der Waals surface area (Å²) in [7, 11) is 5.22. The number of carbonyl (C=O) groups excluding carboxylic acids is 1. The van der Waals surface area contributed by atoms with Crippen LogP contribution in [0.1, 0.15) is 11.6 Å². The van der Waals surface area contributed by atoms with Gasteiger partial charge in [-0.05, 0) is 31.8 Å². The predicted octanol–water partition coefficient (Wildman–Crippen LogP) is 0.783. The van der Waals surface area contributed by atoms with Gasteiger partial charge in [0, 0.05) is 0 Å². The van der Waals surface area contributed by atoms with Gasteiger partial charge in [0.1, 0.15) is 11.8 Å². The highest BCUT2D eigenvalue weighted by atomic mass is 16.5. The Bertz CT molecular complexity index is 350. The molecule has 0 aromatic heterocycles. The summed E-state index contributed by atoms with van der Waals surface area (Å²) < 4.78 is 5.09. The van der Waals surface area contributed by atoms with Crippen LogP contribution in [0.15, 0.2) is 24.3 Å². The second kappa shape index (κ2) is 4.79. The average Bonchev–Trinajstić information content (AvgIpc) is 2.17. The van der Waals surface area contributed by atoms with Crippen molar-refractivity contribution >= 4 is 5.91 Å². The van der Waals surface area contributed by atoms with Gasteiger partial charge in [-0.2, -0.15) is 0 Å². The third-order valence-corrected chi connectivity index (χ3v) is 2.20. The largest absolute Gasteiger partial charge is 0.497 e.